The summed E-state index contributed by atoms with van der Waals surface area (Å²) in [4.78, 5) is 29.1. The van der Waals surface area contributed by atoms with E-state index in [1.165, 1.54) is 10.9 Å². The first-order chi connectivity index (χ1) is 11.5. The van der Waals surface area contributed by atoms with E-state index in [4.69, 9.17) is 5.73 Å². The second-order valence-corrected chi connectivity index (χ2v) is 6.20. The number of aromatic nitrogens is 2. The smallest absolute Gasteiger partial charge is 0.261 e. The summed E-state index contributed by atoms with van der Waals surface area (Å²) in [5, 5.41) is 3.60. The predicted molar refractivity (Wildman–Crippen MR) is 103 cm³/mol. The summed E-state index contributed by atoms with van der Waals surface area (Å²) in [6.07, 6.45) is 3.30. The molecule has 0 fully saturated rings. The molecule has 3 N–H and O–H groups in total. The lowest BCUT2D eigenvalue weighted by molar-refractivity contribution is -0.123. The van der Waals surface area contributed by atoms with Crippen LogP contribution in [0.15, 0.2) is 29.3 Å². The molecular formula is C18H27ClN4O2. The highest BCUT2D eigenvalue weighted by molar-refractivity contribution is 5.85. The molecule has 138 valence electrons. The Morgan fingerprint density at radius 2 is 2.00 bits per heavy atom. The van der Waals surface area contributed by atoms with E-state index in [1.54, 1.807) is 6.07 Å². The molecule has 0 spiro atoms. The Hall–Kier alpha value is -1.92. The number of carbonyl (C=O) groups excluding carboxylic acids is 1. The lowest BCUT2D eigenvalue weighted by atomic mass is 9.93. The number of amides is 1. The molecule has 0 saturated heterocycles. The minimum Gasteiger partial charge on any atom is -0.349 e. The third kappa shape index (κ3) is 4.58. The molecule has 0 bridgehead atoms. The number of aryl methyl sites for hydroxylation is 2. The summed E-state index contributed by atoms with van der Waals surface area (Å²) >= 11 is 0. The quantitative estimate of drug-likeness (QED) is 0.785. The molecule has 1 aromatic carbocycles. The van der Waals surface area contributed by atoms with Crippen molar-refractivity contribution in [3.63, 3.8) is 0 Å². The van der Waals surface area contributed by atoms with Crippen LogP contribution in [-0.2, 0) is 11.3 Å². The number of rotatable bonds is 7. The van der Waals surface area contributed by atoms with Crippen LogP contribution in [0.25, 0.3) is 10.9 Å². The van der Waals surface area contributed by atoms with Crippen LogP contribution < -0.4 is 16.6 Å². The molecule has 0 aliphatic heterocycles. The molecular weight excluding hydrogens is 340 g/mol. The van der Waals surface area contributed by atoms with Gasteiger partial charge >= 0.3 is 0 Å². The highest BCUT2D eigenvalue weighted by Crippen LogP contribution is 2.14. The summed E-state index contributed by atoms with van der Waals surface area (Å²) in [5.74, 6) is -0.0969. The zero-order chi connectivity index (χ0) is 17.7. The fourth-order valence-electron chi connectivity index (χ4n) is 2.84. The minimum atomic E-state index is -0.360. The van der Waals surface area contributed by atoms with Crippen LogP contribution in [0.1, 0.15) is 38.7 Å². The van der Waals surface area contributed by atoms with Crippen molar-refractivity contribution in [1.82, 2.24) is 14.9 Å². The van der Waals surface area contributed by atoms with Gasteiger partial charge in [0.25, 0.3) is 5.56 Å². The monoisotopic (exact) mass is 366 g/mol. The van der Waals surface area contributed by atoms with Gasteiger partial charge in [0.2, 0.25) is 5.91 Å². The lowest BCUT2D eigenvalue weighted by Gasteiger charge is -2.31. The molecule has 0 aliphatic rings. The van der Waals surface area contributed by atoms with Gasteiger partial charge in [-0.15, -0.1) is 12.4 Å². The molecule has 25 heavy (non-hydrogen) atoms. The summed E-state index contributed by atoms with van der Waals surface area (Å²) in [6.45, 7) is 6.65. The van der Waals surface area contributed by atoms with Gasteiger partial charge in [-0.3, -0.25) is 14.2 Å². The number of nitrogens with one attached hydrogen (secondary N) is 1. The Bertz CT molecular complexity index is 776. The number of fused-ring (bicyclic) bond motifs is 1. The number of hydrogen-bond donors (Lipinski definition) is 2. The zero-order valence-electron chi connectivity index (χ0n) is 15.0. The first-order valence-corrected chi connectivity index (χ1v) is 8.42. The maximum atomic E-state index is 12.5. The van der Waals surface area contributed by atoms with E-state index < -0.39 is 0 Å². The minimum absolute atomic E-state index is 0. The van der Waals surface area contributed by atoms with E-state index in [9.17, 15) is 9.59 Å². The topological polar surface area (TPSA) is 90.0 Å². The van der Waals surface area contributed by atoms with Gasteiger partial charge in [-0.2, -0.15) is 0 Å². The second-order valence-electron chi connectivity index (χ2n) is 6.20. The number of hydrogen-bond acceptors (Lipinski definition) is 4. The molecule has 6 nitrogen and oxygen atoms in total. The summed E-state index contributed by atoms with van der Waals surface area (Å²) in [6, 6.07) is 5.53. The van der Waals surface area contributed by atoms with Gasteiger partial charge in [0.1, 0.15) is 0 Å². The zero-order valence-corrected chi connectivity index (χ0v) is 15.9. The maximum absolute atomic E-state index is 12.5. The molecule has 0 radical (unpaired) electrons. The van der Waals surface area contributed by atoms with Crippen LogP contribution >= 0.6 is 12.4 Å². The highest BCUT2D eigenvalue weighted by atomic mass is 35.5. The summed E-state index contributed by atoms with van der Waals surface area (Å²) in [7, 11) is 0. The van der Waals surface area contributed by atoms with Gasteiger partial charge in [0.15, 0.2) is 0 Å². The van der Waals surface area contributed by atoms with Crippen LogP contribution in [0.4, 0.5) is 0 Å². The molecule has 2 aromatic rings. The summed E-state index contributed by atoms with van der Waals surface area (Å²) in [5.41, 5.74) is 7.00. The number of carbonyl (C=O) groups is 1. The van der Waals surface area contributed by atoms with Crippen molar-refractivity contribution in [3.05, 3.63) is 40.4 Å². The van der Waals surface area contributed by atoms with E-state index in [0.29, 0.717) is 24.0 Å². The molecule has 7 heteroatoms. The van der Waals surface area contributed by atoms with Crippen molar-refractivity contribution >= 4 is 29.2 Å². The van der Waals surface area contributed by atoms with Gasteiger partial charge in [-0.05, 0) is 31.4 Å². The van der Waals surface area contributed by atoms with Gasteiger partial charge in [0, 0.05) is 19.5 Å². The average molecular weight is 367 g/mol. The van der Waals surface area contributed by atoms with Crippen molar-refractivity contribution in [3.8, 4) is 0 Å². The molecule has 1 aromatic heterocycles. The van der Waals surface area contributed by atoms with E-state index in [0.717, 1.165) is 18.4 Å². The molecule has 1 heterocycles. The van der Waals surface area contributed by atoms with Crippen molar-refractivity contribution in [2.75, 3.05) is 6.54 Å². The molecule has 1 amide bonds. The van der Waals surface area contributed by atoms with Crippen molar-refractivity contribution in [2.24, 2.45) is 5.73 Å². The van der Waals surface area contributed by atoms with E-state index in [2.05, 4.69) is 10.3 Å². The van der Waals surface area contributed by atoms with Crippen molar-refractivity contribution in [2.45, 2.75) is 52.1 Å². The highest BCUT2D eigenvalue weighted by Gasteiger charge is 2.26. The third-order valence-corrected chi connectivity index (χ3v) is 4.78. The van der Waals surface area contributed by atoms with Gasteiger partial charge in [0.05, 0.1) is 22.8 Å². The van der Waals surface area contributed by atoms with Crippen LogP contribution in [0.5, 0.6) is 0 Å². The average Bonchev–Trinajstić information content (AvgIpc) is 2.60. The fraction of sp³-hybridized carbons (Fsp3) is 0.500. The SMILES string of the molecule is CCC(CC)(CN)NC(=O)CCn1cnc2c(C)cccc2c1=O.Cl. The maximum Gasteiger partial charge on any atom is 0.261 e. The third-order valence-electron chi connectivity index (χ3n) is 4.78. The largest absolute Gasteiger partial charge is 0.349 e. The van der Waals surface area contributed by atoms with Crippen molar-refractivity contribution < 1.29 is 4.79 Å². The van der Waals surface area contributed by atoms with Gasteiger partial charge in [-0.1, -0.05) is 26.0 Å². The van der Waals surface area contributed by atoms with Crippen LogP contribution in [0, 0.1) is 6.92 Å². The fourth-order valence-corrected chi connectivity index (χ4v) is 2.84. The molecule has 0 aliphatic carbocycles. The number of nitrogens with two attached hydrogens (primary N) is 1. The second kappa shape index (κ2) is 8.97. The Balaban J connectivity index is 0.00000312. The van der Waals surface area contributed by atoms with Crippen LogP contribution in [0.2, 0.25) is 0 Å². The van der Waals surface area contributed by atoms with E-state index in [-0.39, 0.29) is 35.8 Å². The number of nitrogens with zero attached hydrogens (tertiary/aromatic N) is 2. The molecule has 0 saturated carbocycles. The Labute approximate surface area is 154 Å². The Morgan fingerprint density at radius 1 is 1.32 bits per heavy atom. The predicted octanol–water partition coefficient (Wildman–Crippen LogP) is 2.15. The normalized spacial score (nSPS) is 11.2. The van der Waals surface area contributed by atoms with Crippen LogP contribution in [0.3, 0.4) is 0 Å². The first-order valence-electron chi connectivity index (χ1n) is 8.42. The Morgan fingerprint density at radius 3 is 2.60 bits per heavy atom. The lowest BCUT2D eigenvalue weighted by Crippen LogP contribution is -2.53. The Kier molecular flexibility index (Phi) is 7.58. The number of para-hydroxylation sites is 1. The van der Waals surface area contributed by atoms with E-state index >= 15 is 0 Å². The standard InChI is InChI=1S/C18H26N4O2.ClH/c1-4-18(5-2,11-19)21-15(23)9-10-22-12-20-16-13(3)7-6-8-14(16)17(22)24;/h6-8,12H,4-5,9-11,19H2,1-3H3,(H,21,23);1H. The molecule has 0 unspecified atom stereocenters. The molecule has 2 rings (SSSR count). The van der Waals surface area contributed by atoms with Gasteiger partial charge in [-0.25, -0.2) is 4.98 Å². The first kappa shape index (κ1) is 21.1. The van der Waals surface area contributed by atoms with Crippen LogP contribution in [-0.4, -0.2) is 27.5 Å². The van der Waals surface area contributed by atoms with Gasteiger partial charge < -0.3 is 11.1 Å². The van der Waals surface area contributed by atoms with Crippen molar-refractivity contribution in [1.29, 1.82) is 0 Å². The number of benzene rings is 1. The number of halogens is 1. The summed E-state index contributed by atoms with van der Waals surface area (Å²) < 4.78 is 1.49. The van der Waals surface area contributed by atoms with E-state index in [1.807, 2.05) is 32.9 Å². The molecule has 0 atom stereocenters.